The fourth-order valence-corrected chi connectivity index (χ4v) is 3.35. The average Bonchev–Trinajstić information content (AvgIpc) is 3.03. The summed E-state index contributed by atoms with van der Waals surface area (Å²) in [7, 11) is 2.00. The van der Waals surface area contributed by atoms with Crippen molar-refractivity contribution in [3.63, 3.8) is 0 Å². The number of carboxylic acids is 2. The van der Waals surface area contributed by atoms with Crippen LogP contribution in [0.25, 0.3) is 0 Å². The van der Waals surface area contributed by atoms with Gasteiger partial charge in [0.25, 0.3) is 11.9 Å². The molecule has 2 aromatic rings. The van der Waals surface area contributed by atoms with Gasteiger partial charge in [0.05, 0.1) is 0 Å². The minimum absolute atomic E-state index is 0. The van der Waals surface area contributed by atoms with E-state index in [9.17, 15) is 0 Å². The maximum absolute atomic E-state index is 9.00. The summed E-state index contributed by atoms with van der Waals surface area (Å²) in [6.07, 6.45) is 10.8. The van der Waals surface area contributed by atoms with Crippen LogP contribution in [-0.2, 0) is 101 Å². The second kappa shape index (κ2) is 56.3. The predicted molar refractivity (Wildman–Crippen MR) is 174 cm³/mol. The number of carboxylic acid groups (broad SMARTS) is 2. The minimum Gasteiger partial charge on any atom is -0.481 e. The van der Waals surface area contributed by atoms with Crippen molar-refractivity contribution in [2.45, 2.75) is 121 Å². The number of aryl methyl sites for hydroxylation is 4. The molecule has 2 aromatic carbocycles. The van der Waals surface area contributed by atoms with Crippen LogP contribution in [0.3, 0.4) is 0 Å². The number of fused-ring (bicyclic) bond motifs is 2. The molecule has 0 aromatic heterocycles. The molecule has 0 bridgehead atoms. The number of aliphatic carboxylic acids is 2. The molecule has 4 N–H and O–H groups in total. The standard InChI is InChI=1S/2C10H12.2C2H4O2.4C2H6.2CH4O.2Y/c2*1-2-6-10-8-4-3-7-9(10)5-1;2*1-2(3)4;6*1-2;;/h2*1-2,5-6H,3-4,7-8H2;2*1H3,(H,3,4);4*1-2H3;2*2H,1H3;;. The molecule has 0 fully saturated rings. The molecule has 0 heterocycles. The Morgan fingerprint density at radius 1 is 0.452 bits per heavy atom. The van der Waals surface area contributed by atoms with Gasteiger partial charge in [0, 0.05) is 93.5 Å². The monoisotopic (exact) mass is 746 g/mol. The van der Waals surface area contributed by atoms with E-state index in [0.717, 1.165) is 28.1 Å². The number of aliphatic hydroxyl groups is 2. The van der Waals surface area contributed by atoms with Gasteiger partial charge in [0.1, 0.15) is 0 Å². The average molecular weight is 747 g/mol. The second-order valence-corrected chi connectivity index (χ2v) is 6.99. The summed E-state index contributed by atoms with van der Waals surface area (Å²) in [5.74, 6) is -1.67. The fraction of sp³-hybridized carbons (Fsp3) is 0.588. The molecular formula is C34H64O6Y2. The molecule has 2 aliphatic carbocycles. The topological polar surface area (TPSA) is 115 Å². The third kappa shape index (κ3) is 46.5. The van der Waals surface area contributed by atoms with Gasteiger partial charge in [-0.15, -0.1) is 0 Å². The molecule has 242 valence electrons. The van der Waals surface area contributed by atoms with Gasteiger partial charge in [-0.2, -0.15) is 0 Å². The number of aliphatic hydroxyl groups excluding tert-OH is 2. The molecule has 0 amide bonds. The number of rotatable bonds is 0. The van der Waals surface area contributed by atoms with Gasteiger partial charge in [0.2, 0.25) is 0 Å². The SMILES string of the molecule is CC.CC.CC.CC.CC(=O)O.CC(=O)O.CO.CO.[Y].[Y].c1ccc2c(c1)CCCC2.c1ccc2c(c1)CCCC2. The zero-order valence-corrected chi connectivity index (χ0v) is 34.7. The van der Waals surface area contributed by atoms with E-state index in [1.807, 2.05) is 55.4 Å². The van der Waals surface area contributed by atoms with Crippen molar-refractivity contribution < 1.29 is 95.4 Å². The normalized spacial score (nSPS) is 9.86. The summed E-state index contributed by atoms with van der Waals surface area (Å²) in [5.41, 5.74) is 6.31. The Labute approximate surface area is 310 Å². The molecular weight excluding hydrogens is 682 g/mol. The van der Waals surface area contributed by atoms with Crippen LogP contribution in [-0.4, -0.2) is 46.6 Å². The fourth-order valence-electron chi connectivity index (χ4n) is 3.35. The molecule has 0 saturated heterocycles. The Balaban J connectivity index is -0.0000000564. The van der Waals surface area contributed by atoms with E-state index < -0.39 is 11.9 Å². The van der Waals surface area contributed by atoms with Gasteiger partial charge in [-0.1, -0.05) is 104 Å². The van der Waals surface area contributed by atoms with Gasteiger partial charge >= 0.3 is 0 Å². The Morgan fingerprint density at radius 2 is 0.571 bits per heavy atom. The maximum atomic E-state index is 9.00. The summed E-state index contributed by atoms with van der Waals surface area (Å²) < 4.78 is 0. The van der Waals surface area contributed by atoms with Crippen molar-refractivity contribution in [3.05, 3.63) is 70.8 Å². The van der Waals surface area contributed by atoms with Crippen LogP contribution >= 0.6 is 0 Å². The van der Waals surface area contributed by atoms with E-state index >= 15 is 0 Å². The molecule has 0 aliphatic heterocycles. The first kappa shape index (κ1) is 60.7. The number of carbonyl (C=O) groups is 2. The van der Waals surface area contributed by atoms with Crippen LogP contribution in [0.15, 0.2) is 48.5 Å². The predicted octanol–water partition coefficient (Wildman–Crippen LogP) is 8.63. The molecule has 4 rings (SSSR count). The zero-order chi connectivity index (χ0) is 32.8. The summed E-state index contributed by atoms with van der Waals surface area (Å²) in [4.78, 5) is 18.0. The Bertz CT molecular complexity index is 635. The first-order chi connectivity index (χ1) is 19.4. The van der Waals surface area contributed by atoms with E-state index in [4.69, 9.17) is 30.0 Å². The van der Waals surface area contributed by atoms with Crippen LogP contribution in [0.5, 0.6) is 0 Å². The molecule has 0 atom stereocenters. The summed E-state index contributed by atoms with van der Waals surface area (Å²) in [6, 6.07) is 17.6. The molecule has 0 unspecified atom stereocenters. The first-order valence-electron chi connectivity index (χ1n) is 14.8. The molecule has 0 spiro atoms. The van der Waals surface area contributed by atoms with Crippen LogP contribution in [0, 0.1) is 0 Å². The molecule has 2 radical (unpaired) electrons. The van der Waals surface area contributed by atoms with Crippen molar-refractivity contribution in [1.82, 2.24) is 0 Å². The van der Waals surface area contributed by atoms with Gasteiger partial charge < -0.3 is 20.4 Å². The van der Waals surface area contributed by atoms with Crippen LogP contribution in [0.2, 0.25) is 0 Å². The third-order valence-electron chi connectivity index (χ3n) is 4.52. The maximum Gasteiger partial charge on any atom is 0.300 e. The van der Waals surface area contributed by atoms with E-state index in [1.165, 1.54) is 51.4 Å². The Morgan fingerprint density at radius 3 is 0.690 bits per heavy atom. The van der Waals surface area contributed by atoms with Crippen molar-refractivity contribution in [3.8, 4) is 0 Å². The summed E-state index contributed by atoms with van der Waals surface area (Å²) >= 11 is 0. The van der Waals surface area contributed by atoms with Crippen LogP contribution in [0.1, 0.15) is 117 Å². The zero-order valence-electron chi connectivity index (χ0n) is 29.0. The van der Waals surface area contributed by atoms with Crippen molar-refractivity contribution in [2.24, 2.45) is 0 Å². The van der Waals surface area contributed by atoms with E-state index in [-0.39, 0.29) is 65.4 Å². The van der Waals surface area contributed by atoms with E-state index in [0.29, 0.717) is 0 Å². The van der Waals surface area contributed by atoms with E-state index in [2.05, 4.69) is 48.5 Å². The van der Waals surface area contributed by atoms with Crippen molar-refractivity contribution in [2.75, 3.05) is 14.2 Å². The molecule has 2 aliphatic rings. The number of hydrogen-bond donors (Lipinski definition) is 4. The van der Waals surface area contributed by atoms with Gasteiger partial charge in [-0.3, -0.25) is 9.59 Å². The Hall–Kier alpha value is -0.492. The molecule has 8 heteroatoms. The molecule has 42 heavy (non-hydrogen) atoms. The third-order valence-corrected chi connectivity index (χ3v) is 4.52. The van der Waals surface area contributed by atoms with Gasteiger partial charge in [0.15, 0.2) is 0 Å². The van der Waals surface area contributed by atoms with Crippen molar-refractivity contribution in [1.29, 1.82) is 0 Å². The number of benzene rings is 2. The smallest absolute Gasteiger partial charge is 0.300 e. The summed E-state index contributed by atoms with van der Waals surface area (Å²) in [5, 5.41) is 28.8. The van der Waals surface area contributed by atoms with Gasteiger partial charge in [-0.05, 0) is 73.6 Å². The van der Waals surface area contributed by atoms with Crippen molar-refractivity contribution >= 4 is 11.9 Å². The van der Waals surface area contributed by atoms with Gasteiger partial charge in [-0.25, -0.2) is 0 Å². The largest absolute Gasteiger partial charge is 0.481 e. The van der Waals surface area contributed by atoms with E-state index in [1.54, 1.807) is 22.3 Å². The minimum atomic E-state index is -0.833. The molecule has 6 nitrogen and oxygen atoms in total. The van der Waals surface area contributed by atoms with Crippen LogP contribution in [0.4, 0.5) is 0 Å². The second-order valence-electron chi connectivity index (χ2n) is 6.99. The first-order valence-corrected chi connectivity index (χ1v) is 14.8. The Kier molecular flexibility index (Phi) is 81.3. The number of hydrogen-bond acceptors (Lipinski definition) is 4. The van der Waals surface area contributed by atoms with Crippen LogP contribution < -0.4 is 0 Å². The molecule has 0 saturated carbocycles. The quantitative estimate of drug-likeness (QED) is 0.215. The summed E-state index contributed by atoms with van der Waals surface area (Å²) in [6.45, 7) is 18.2.